The van der Waals surface area contributed by atoms with Gasteiger partial charge in [-0.2, -0.15) is 0 Å². The molecule has 0 spiro atoms. The van der Waals surface area contributed by atoms with E-state index < -0.39 is 0 Å². The van der Waals surface area contributed by atoms with E-state index in [4.69, 9.17) is 0 Å². The number of benzene rings is 1. The zero-order chi connectivity index (χ0) is 15.9. The highest BCUT2D eigenvalue weighted by Gasteiger charge is 2.11. The molecule has 118 valence electrons. The van der Waals surface area contributed by atoms with Gasteiger partial charge in [-0.1, -0.05) is 24.3 Å². The van der Waals surface area contributed by atoms with Crippen LogP contribution in [0.25, 0.3) is 0 Å². The summed E-state index contributed by atoms with van der Waals surface area (Å²) in [6.07, 6.45) is 7.28. The van der Waals surface area contributed by atoms with E-state index in [1.807, 2.05) is 6.92 Å². The zero-order valence-electron chi connectivity index (χ0n) is 14.0. The van der Waals surface area contributed by atoms with Gasteiger partial charge in [0, 0.05) is 17.9 Å². The molecule has 0 radical (unpaired) electrons. The van der Waals surface area contributed by atoms with Gasteiger partial charge in [0.1, 0.15) is 0 Å². The molecule has 0 fully saturated rings. The molecule has 3 rings (SSSR count). The lowest BCUT2D eigenvalue weighted by Crippen LogP contribution is -2.11. The lowest BCUT2D eigenvalue weighted by Gasteiger charge is -2.17. The van der Waals surface area contributed by atoms with Crippen molar-refractivity contribution in [2.45, 2.75) is 52.4 Å². The van der Waals surface area contributed by atoms with E-state index in [1.165, 1.54) is 53.8 Å². The Hall–Kier alpha value is -1.83. The van der Waals surface area contributed by atoms with Crippen LogP contribution in [0.4, 0.5) is 5.69 Å². The summed E-state index contributed by atoms with van der Waals surface area (Å²) in [4.78, 5) is 4.02. The van der Waals surface area contributed by atoms with Gasteiger partial charge in [-0.05, 0) is 81.9 Å². The van der Waals surface area contributed by atoms with Crippen LogP contribution in [0.15, 0.2) is 46.6 Å². The zero-order valence-corrected chi connectivity index (χ0v) is 14.0. The highest BCUT2D eigenvalue weighted by Crippen LogP contribution is 2.29. The van der Waals surface area contributed by atoms with Crippen molar-refractivity contribution in [3.05, 3.63) is 52.7 Å². The highest BCUT2D eigenvalue weighted by molar-refractivity contribution is 5.54. The second-order valence-corrected chi connectivity index (χ2v) is 6.26. The van der Waals surface area contributed by atoms with E-state index in [1.54, 1.807) is 0 Å². The second-order valence-electron chi connectivity index (χ2n) is 6.26. The average molecular weight is 296 g/mol. The van der Waals surface area contributed by atoms with Crippen molar-refractivity contribution in [1.29, 1.82) is 0 Å². The monoisotopic (exact) mass is 296 g/mol. The Balaban J connectivity index is 0.000000160. The van der Waals surface area contributed by atoms with Crippen molar-refractivity contribution in [3.8, 4) is 0 Å². The molecule has 2 nitrogen and oxygen atoms in total. The van der Waals surface area contributed by atoms with Crippen LogP contribution in [0, 0.1) is 6.92 Å². The first kappa shape index (κ1) is 16.5. The van der Waals surface area contributed by atoms with Crippen molar-refractivity contribution >= 4 is 12.4 Å². The first-order valence-electron chi connectivity index (χ1n) is 8.30. The van der Waals surface area contributed by atoms with Gasteiger partial charge in [0.05, 0.1) is 0 Å². The molecule has 0 atom stereocenters. The number of nitrogens with zero attached hydrogens (tertiary/aromatic N) is 1. The van der Waals surface area contributed by atoms with Crippen molar-refractivity contribution in [3.63, 3.8) is 0 Å². The smallest absolute Gasteiger partial charge is 0.0430 e. The van der Waals surface area contributed by atoms with Crippen LogP contribution >= 0.6 is 0 Å². The van der Waals surface area contributed by atoms with Crippen LogP contribution in [0.2, 0.25) is 0 Å². The molecule has 0 aromatic heterocycles. The molecule has 22 heavy (non-hydrogen) atoms. The van der Waals surface area contributed by atoms with Crippen molar-refractivity contribution in [1.82, 2.24) is 0 Å². The van der Waals surface area contributed by atoms with Gasteiger partial charge in [0.2, 0.25) is 0 Å². The summed E-state index contributed by atoms with van der Waals surface area (Å²) in [5.41, 5.74) is 7.83. The van der Waals surface area contributed by atoms with Crippen LogP contribution in [0.5, 0.6) is 0 Å². The van der Waals surface area contributed by atoms with Crippen molar-refractivity contribution in [2.24, 2.45) is 4.99 Å². The molecular weight excluding hydrogens is 268 g/mol. The van der Waals surface area contributed by atoms with Crippen LogP contribution in [0.1, 0.15) is 50.2 Å². The molecule has 1 aliphatic carbocycles. The summed E-state index contributed by atoms with van der Waals surface area (Å²) in [7, 11) is 0. The number of rotatable bonds is 2. The molecule has 1 aromatic carbocycles. The molecule has 1 heterocycles. The number of allylic oxidation sites excluding steroid dienone is 3. The number of hydrogen-bond donors (Lipinski definition) is 1. The van der Waals surface area contributed by atoms with E-state index in [0.29, 0.717) is 0 Å². The predicted octanol–water partition coefficient (Wildman–Crippen LogP) is 5.44. The number of fused-ring (bicyclic) bond motifs is 1. The summed E-state index contributed by atoms with van der Waals surface area (Å²) in [6.45, 7) is 12.8. The molecule has 0 bridgehead atoms. The Labute approximate surface area is 135 Å². The topological polar surface area (TPSA) is 24.4 Å². The van der Waals surface area contributed by atoms with E-state index in [9.17, 15) is 0 Å². The molecular formula is C20H28N2. The molecule has 1 aromatic rings. The largest absolute Gasteiger partial charge is 0.385 e. The fourth-order valence-electron chi connectivity index (χ4n) is 3.10. The first-order valence-corrected chi connectivity index (χ1v) is 8.30. The Bertz CT molecular complexity index is 581. The average Bonchev–Trinajstić information content (AvgIpc) is 2.55. The maximum absolute atomic E-state index is 4.02. The normalized spacial score (nSPS) is 16.8. The molecule has 0 unspecified atom stereocenters. The van der Waals surface area contributed by atoms with Crippen LogP contribution in [-0.2, 0) is 6.42 Å². The van der Waals surface area contributed by atoms with Crippen molar-refractivity contribution in [2.75, 3.05) is 11.9 Å². The second kappa shape index (κ2) is 7.98. The maximum Gasteiger partial charge on any atom is 0.0430 e. The van der Waals surface area contributed by atoms with Gasteiger partial charge in [0.25, 0.3) is 0 Å². The number of aliphatic imine (C=N–C) groups is 1. The quantitative estimate of drug-likeness (QED) is 0.722. The Kier molecular flexibility index (Phi) is 6.00. The fourth-order valence-corrected chi connectivity index (χ4v) is 3.10. The van der Waals surface area contributed by atoms with Crippen molar-refractivity contribution < 1.29 is 0 Å². The number of anilines is 1. The lowest BCUT2D eigenvalue weighted by atomic mass is 9.92. The van der Waals surface area contributed by atoms with E-state index in [0.717, 1.165) is 25.0 Å². The fraction of sp³-hybridized carbons (Fsp3) is 0.450. The summed E-state index contributed by atoms with van der Waals surface area (Å²) in [5, 5.41) is 3.40. The lowest BCUT2D eigenvalue weighted by molar-refractivity contribution is 0.673. The molecule has 2 heteroatoms. The van der Waals surface area contributed by atoms with Gasteiger partial charge in [0.15, 0.2) is 0 Å². The van der Waals surface area contributed by atoms with Crippen LogP contribution < -0.4 is 5.32 Å². The Morgan fingerprint density at radius 1 is 1.14 bits per heavy atom. The van der Waals surface area contributed by atoms with Crippen LogP contribution in [0.3, 0.4) is 0 Å². The van der Waals surface area contributed by atoms with E-state index in [2.05, 4.69) is 48.7 Å². The molecule has 0 saturated carbocycles. The van der Waals surface area contributed by atoms with Gasteiger partial charge < -0.3 is 5.32 Å². The van der Waals surface area contributed by atoms with Gasteiger partial charge in [-0.25, -0.2) is 0 Å². The minimum absolute atomic E-state index is 1.09. The predicted molar refractivity (Wildman–Crippen MR) is 97.8 cm³/mol. The highest BCUT2D eigenvalue weighted by atomic mass is 14.9. The number of aryl methyl sites for hydroxylation is 2. The summed E-state index contributed by atoms with van der Waals surface area (Å²) < 4.78 is 0. The number of nitrogens with one attached hydrogen (secondary N) is 1. The minimum atomic E-state index is 1.09. The Morgan fingerprint density at radius 2 is 1.91 bits per heavy atom. The summed E-state index contributed by atoms with van der Waals surface area (Å²) >= 11 is 0. The third kappa shape index (κ3) is 4.33. The number of hydrogen-bond acceptors (Lipinski definition) is 2. The molecule has 0 saturated heterocycles. The van der Waals surface area contributed by atoms with Crippen LogP contribution in [-0.4, -0.2) is 13.3 Å². The van der Waals surface area contributed by atoms with Gasteiger partial charge in [-0.3, -0.25) is 4.99 Å². The minimum Gasteiger partial charge on any atom is -0.385 e. The van der Waals surface area contributed by atoms with Gasteiger partial charge in [-0.15, -0.1) is 0 Å². The van der Waals surface area contributed by atoms with E-state index >= 15 is 0 Å². The summed E-state index contributed by atoms with van der Waals surface area (Å²) in [6, 6.07) is 6.65. The van der Waals surface area contributed by atoms with E-state index in [-0.39, 0.29) is 0 Å². The Morgan fingerprint density at radius 3 is 2.59 bits per heavy atom. The molecule has 2 aliphatic rings. The molecule has 1 aliphatic heterocycles. The maximum atomic E-state index is 4.02. The van der Waals surface area contributed by atoms with Gasteiger partial charge >= 0.3 is 0 Å². The third-order valence-electron chi connectivity index (χ3n) is 4.35. The third-order valence-corrected chi connectivity index (χ3v) is 4.35. The molecule has 0 amide bonds. The SMILES string of the molecule is C=NC1=C(C(=C)C)CCCC1.Cc1ccc2c(c1)NCCC2. The first-order chi connectivity index (χ1) is 10.6. The standard InChI is InChI=1S/C10H13N.C10H15N/c1-8-4-5-9-3-2-6-11-10(9)7-8;1-8(2)9-6-4-5-7-10(9)11-3/h4-5,7,11H,2-3,6H2,1H3;1,3-7H2,2H3. The summed E-state index contributed by atoms with van der Waals surface area (Å²) in [5.74, 6) is 0. The molecule has 1 N–H and O–H groups in total.